The molecule has 1 aromatic carbocycles. The molecule has 0 aliphatic heterocycles. The molecule has 0 saturated heterocycles. The van der Waals surface area contributed by atoms with E-state index in [0.717, 1.165) is 5.46 Å². The summed E-state index contributed by atoms with van der Waals surface area (Å²) in [6, 6.07) is 4.67. The predicted octanol–water partition coefficient (Wildman–Crippen LogP) is 0.483. The fraction of sp³-hybridized carbons (Fsp3) is 0.250. The molecule has 0 spiro atoms. The number of rotatable bonds is 2. The van der Waals surface area contributed by atoms with E-state index >= 15 is 0 Å². The Hall–Kier alpha value is -0.985. The third-order valence-corrected chi connectivity index (χ3v) is 1.33. The smallest absolute Gasteiger partial charge is 0.139 e. The fourth-order valence-electron chi connectivity index (χ4n) is 0.953. The minimum absolute atomic E-state index is 0.242. The Morgan fingerprint density at radius 3 is 2.73 bits per heavy atom. The van der Waals surface area contributed by atoms with Crippen molar-refractivity contribution in [3.05, 3.63) is 24.0 Å². The van der Waals surface area contributed by atoms with Gasteiger partial charge >= 0.3 is 0 Å². The Labute approximate surface area is 66.6 Å². The fourth-order valence-corrected chi connectivity index (χ4v) is 0.953. The Morgan fingerprint density at radius 1 is 1.45 bits per heavy atom. The van der Waals surface area contributed by atoms with Gasteiger partial charge in [-0.3, -0.25) is 0 Å². The molecule has 0 aromatic heterocycles. The summed E-state index contributed by atoms with van der Waals surface area (Å²) in [5.41, 5.74) is 0.883. The highest BCUT2D eigenvalue weighted by molar-refractivity contribution is 6.32. The lowest BCUT2D eigenvalue weighted by Gasteiger charge is -2.03. The first-order chi connectivity index (χ1) is 5.22. The van der Waals surface area contributed by atoms with Crippen LogP contribution in [0.5, 0.6) is 5.75 Å². The number of halogens is 1. The number of hydrogen-bond donors (Lipinski definition) is 0. The highest BCUT2D eigenvalue weighted by Crippen LogP contribution is 2.09. The van der Waals surface area contributed by atoms with Crippen molar-refractivity contribution in [2.24, 2.45) is 0 Å². The molecule has 1 aromatic rings. The van der Waals surface area contributed by atoms with E-state index in [-0.39, 0.29) is 5.82 Å². The molecule has 0 unspecified atom stereocenters. The van der Waals surface area contributed by atoms with Crippen LogP contribution in [0.4, 0.5) is 4.39 Å². The summed E-state index contributed by atoms with van der Waals surface area (Å²) in [6.07, 6.45) is 0. The molecule has 0 atom stereocenters. The zero-order valence-electron chi connectivity index (χ0n) is 6.73. The Bertz CT molecular complexity index is 230. The highest BCUT2D eigenvalue weighted by atomic mass is 19.1. The lowest BCUT2D eigenvalue weighted by atomic mass is 9.96. The van der Waals surface area contributed by atoms with Crippen LogP contribution < -0.4 is 10.2 Å². The van der Waals surface area contributed by atoms with Gasteiger partial charge in [0.15, 0.2) is 0 Å². The van der Waals surface area contributed by atoms with E-state index in [1.807, 2.05) is 20.8 Å². The Kier molecular flexibility index (Phi) is 2.52. The maximum absolute atomic E-state index is 12.7. The second-order valence-electron chi connectivity index (χ2n) is 2.40. The van der Waals surface area contributed by atoms with Crippen LogP contribution in [0.25, 0.3) is 0 Å². The lowest BCUT2D eigenvalue weighted by molar-refractivity contribution is 0.338. The summed E-state index contributed by atoms with van der Waals surface area (Å²) >= 11 is 0. The van der Waals surface area contributed by atoms with E-state index < -0.39 is 0 Å². The average molecular weight is 152 g/mol. The topological polar surface area (TPSA) is 9.23 Å². The predicted molar refractivity (Wildman–Crippen MR) is 45.7 cm³/mol. The van der Waals surface area contributed by atoms with Gasteiger partial charge in [0.05, 0.1) is 6.61 Å². The van der Waals surface area contributed by atoms with Gasteiger partial charge in [-0.1, -0.05) is 5.46 Å². The standard InChI is InChI=1S/C8H10BFO/c1-2-11-8-4-6(9)3-7(10)5-8/h3-5H,2,9H2,1H3. The molecular formula is C8H10BFO. The van der Waals surface area contributed by atoms with Gasteiger partial charge in [0.1, 0.15) is 19.4 Å². The molecule has 0 radical (unpaired) electrons. The van der Waals surface area contributed by atoms with Gasteiger partial charge in [0, 0.05) is 6.07 Å². The average Bonchev–Trinajstić information content (AvgIpc) is 1.85. The molecule has 0 fully saturated rings. The lowest BCUT2D eigenvalue weighted by Crippen LogP contribution is -2.04. The maximum Gasteiger partial charge on any atom is 0.139 e. The van der Waals surface area contributed by atoms with Crippen molar-refractivity contribution >= 4 is 13.3 Å². The molecule has 0 aliphatic carbocycles. The van der Waals surface area contributed by atoms with Gasteiger partial charge in [0.2, 0.25) is 0 Å². The zero-order chi connectivity index (χ0) is 8.27. The number of hydrogen-bond acceptors (Lipinski definition) is 1. The van der Waals surface area contributed by atoms with Gasteiger partial charge < -0.3 is 4.74 Å². The van der Waals surface area contributed by atoms with Crippen molar-refractivity contribution in [2.75, 3.05) is 6.61 Å². The van der Waals surface area contributed by atoms with Gasteiger partial charge in [-0.15, -0.1) is 0 Å². The van der Waals surface area contributed by atoms with E-state index in [9.17, 15) is 4.39 Å². The van der Waals surface area contributed by atoms with Crippen molar-refractivity contribution in [3.63, 3.8) is 0 Å². The quantitative estimate of drug-likeness (QED) is 0.560. The maximum atomic E-state index is 12.7. The normalized spacial score (nSPS) is 9.64. The van der Waals surface area contributed by atoms with Crippen LogP contribution in [0.1, 0.15) is 6.92 Å². The summed E-state index contributed by atoms with van der Waals surface area (Å²) in [6.45, 7) is 2.45. The van der Waals surface area contributed by atoms with Crippen molar-refractivity contribution in [2.45, 2.75) is 6.92 Å². The number of benzene rings is 1. The van der Waals surface area contributed by atoms with E-state index in [1.165, 1.54) is 12.1 Å². The molecule has 58 valence electrons. The molecule has 0 saturated carbocycles. The third kappa shape index (κ3) is 2.26. The molecule has 3 heteroatoms. The SMILES string of the molecule is Bc1cc(F)cc(OCC)c1. The van der Waals surface area contributed by atoms with Crippen molar-refractivity contribution in [1.82, 2.24) is 0 Å². The Morgan fingerprint density at radius 2 is 2.18 bits per heavy atom. The van der Waals surface area contributed by atoms with Gasteiger partial charge in [-0.25, -0.2) is 4.39 Å². The van der Waals surface area contributed by atoms with E-state index in [2.05, 4.69) is 0 Å². The molecule has 0 amide bonds. The van der Waals surface area contributed by atoms with Gasteiger partial charge in [-0.2, -0.15) is 0 Å². The molecule has 0 N–H and O–H groups in total. The molecule has 1 nitrogen and oxygen atoms in total. The van der Waals surface area contributed by atoms with Gasteiger partial charge in [-0.05, 0) is 19.1 Å². The molecule has 0 heterocycles. The minimum atomic E-state index is -0.242. The summed E-state index contributed by atoms with van der Waals surface area (Å²) in [4.78, 5) is 0. The molecular weight excluding hydrogens is 142 g/mol. The summed E-state index contributed by atoms with van der Waals surface area (Å²) in [5.74, 6) is 0.360. The zero-order valence-corrected chi connectivity index (χ0v) is 6.73. The molecule has 11 heavy (non-hydrogen) atoms. The monoisotopic (exact) mass is 152 g/mol. The largest absolute Gasteiger partial charge is 0.494 e. The van der Waals surface area contributed by atoms with Crippen LogP contribution in [-0.4, -0.2) is 14.5 Å². The second kappa shape index (κ2) is 3.42. The van der Waals surface area contributed by atoms with Crippen LogP contribution in [0.2, 0.25) is 0 Å². The number of ether oxygens (including phenoxy) is 1. The first kappa shape index (κ1) is 8.11. The van der Waals surface area contributed by atoms with Crippen LogP contribution in [0.15, 0.2) is 18.2 Å². The van der Waals surface area contributed by atoms with Crippen LogP contribution in [0, 0.1) is 5.82 Å². The molecule has 0 aliphatic rings. The van der Waals surface area contributed by atoms with Gasteiger partial charge in [0.25, 0.3) is 0 Å². The molecule has 0 bridgehead atoms. The first-order valence-electron chi connectivity index (χ1n) is 3.62. The third-order valence-electron chi connectivity index (χ3n) is 1.33. The highest BCUT2D eigenvalue weighted by Gasteiger charge is 1.96. The molecule has 1 rings (SSSR count). The summed E-state index contributed by atoms with van der Waals surface area (Å²) in [5, 5.41) is 0. The summed E-state index contributed by atoms with van der Waals surface area (Å²) in [7, 11) is 1.84. The van der Waals surface area contributed by atoms with Crippen molar-refractivity contribution in [1.29, 1.82) is 0 Å². The van der Waals surface area contributed by atoms with Crippen LogP contribution in [0.3, 0.4) is 0 Å². The van der Waals surface area contributed by atoms with Crippen molar-refractivity contribution in [3.8, 4) is 5.75 Å². The minimum Gasteiger partial charge on any atom is -0.494 e. The first-order valence-corrected chi connectivity index (χ1v) is 3.62. The Balaban J connectivity index is 2.89. The second-order valence-corrected chi connectivity index (χ2v) is 2.40. The van der Waals surface area contributed by atoms with E-state index in [4.69, 9.17) is 4.74 Å². The van der Waals surface area contributed by atoms with E-state index in [1.54, 1.807) is 0 Å². The van der Waals surface area contributed by atoms with E-state index in [0.29, 0.717) is 12.4 Å². The van der Waals surface area contributed by atoms with Crippen molar-refractivity contribution < 1.29 is 9.13 Å². The van der Waals surface area contributed by atoms with Crippen LogP contribution in [-0.2, 0) is 0 Å². The van der Waals surface area contributed by atoms with Crippen LogP contribution >= 0.6 is 0 Å². The summed E-state index contributed by atoms with van der Waals surface area (Å²) < 4.78 is 17.8.